The van der Waals surface area contributed by atoms with Gasteiger partial charge in [-0.25, -0.2) is 8.42 Å². The first kappa shape index (κ1) is 30.9. The maximum Gasteiger partial charge on any atom is 0.244 e. The molecule has 0 saturated carbocycles. The summed E-state index contributed by atoms with van der Waals surface area (Å²) in [5.74, 6) is -0.755. The van der Waals surface area contributed by atoms with Gasteiger partial charge in [0.1, 0.15) is 12.6 Å². The molecule has 0 bridgehead atoms. The summed E-state index contributed by atoms with van der Waals surface area (Å²) >= 11 is 0. The molecule has 0 aliphatic carbocycles. The van der Waals surface area contributed by atoms with Crippen LogP contribution in [0.15, 0.2) is 72.8 Å². The van der Waals surface area contributed by atoms with Crippen molar-refractivity contribution in [2.24, 2.45) is 0 Å². The number of amides is 2. The van der Waals surface area contributed by atoms with E-state index in [2.05, 4.69) is 5.32 Å². The second-order valence-electron chi connectivity index (χ2n) is 11.5. The second kappa shape index (κ2) is 12.7. The third kappa shape index (κ3) is 8.42. The minimum absolute atomic E-state index is 0.153. The summed E-state index contributed by atoms with van der Waals surface area (Å²) in [6, 6.07) is 21.9. The van der Waals surface area contributed by atoms with Crippen LogP contribution in [0.1, 0.15) is 48.6 Å². The number of rotatable bonds is 10. The molecule has 3 rings (SSSR count). The first-order valence-electron chi connectivity index (χ1n) is 13.4. The van der Waals surface area contributed by atoms with Crippen LogP contribution in [0.2, 0.25) is 0 Å². The lowest BCUT2D eigenvalue weighted by Crippen LogP contribution is -2.56. The molecule has 0 aliphatic heterocycles. The van der Waals surface area contributed by atoms with E-state index in [4.69, 9.17) is 0 Å². The smallest absolute Gasteiger partial charge is 0.244 e. The third-order valence-corrected chi connectivity index (χ3v) is 7.69. The van der Waals surface area contributed by atoms with Crippen LogP contribution in [0.4, 0.5) is 5.69 Å². The highest BCUT2D eigenvalue weighted by Crippen LogP contribution is 2.27. The zero-order valence-electron chi connectivity index (χ0n) is 24.6. The summed E-state index contributed by atoms with van der Waals surface area (Å²) in [5.41, 5.74) is 4.22. The zero-order chi connectivity index (χ0) is 29.7. The van der Waals surface area contributed by atoms with Crippen molar-refractivity contribution >= 4 is 27.5 Å². The van der Waals surface area contributed by atoms with Crippen LogP contribution in [0.25, 0.3) is 0 Å². The van der Waals surface area contributed by atoms with Crippen molar-refractivity contribution in [2.45, 2.75) is 66.1 Å². The Kier molecular flexibility index (Phi) is 9.79. The quantitative estimate of drug-likeness (QED) is 0.379. The standard InChI is InChI=1S/C32H41N3O4S/c1-23-13-11-18-27(19-23)21-34(28(31(37)33-32(4,5)6)20-26-16-9-8-10-17-26)29(36)22-35(40(7,38)39)30-24(2)14-12-15-25(30)3/h8-19,28H,20-22H2,1-7H3,(H,33,37)/t28-/m1/s1. The van der Waals surface area contributed by atoms with Gasteiger partial charge < -0.3 is 10.2 Å². The van der Waals surface area contributed by atoms with Gasteiger partial charge in [-0.15, -0.1) is 0 Å². The van der Waals surface area contributed by atoms with Crippen LogP contribution >= 0.6 is 0 Å². The van der Waals surface area contributed by atoms with Crippen LogP contribution in [0, 0.1) is 20.8 Å². The van der Waals surface area contributed by atoms with E-state index in [1.165, 1.54) is 4.90 Å². The summed E-state index contributed by atoms with van der Waals surface area (Å²) in [6.07, 6.45) is 1.38. The van der Waals surface area contributed by atoms with Gasteiger partial charge in [-0.05, 0) is 63.8 Å². The van der Waals surface area contributed by atoms with Crippen molar-refractivity contribution in [1.82, 2.24) is 10.2 Å². The number of nitrogens with one attached hydrogen (secondary N) is 1. The van der Waals surface area contributed by atoms with Gasteiger partial charge in [-0.2, -0.15) is 0 Å². The van der Waals surface area contributed by atoms with Crippen LogP contribution in [-0.4, -0.2) is 49.5 Å². The number of carbonyl (C=O) groups is 2. The Morgan fingerprint density at radius 1 is 0.850 bits per heavy atom. The highest BCUT2D eigenvalue weighted by Gasteiger charge is 2.34. The molecule has 214 valence electrons. The lowest BCUT2D eigenvalue weighted by Gasteiger charge is -2.35. The summed E-state index contributed by atoms with van der Waals surface area (Å²) in [4.78, 5) is 29.5. The van der Waals surface area contributed by atoms with Crippen LogP contribution in [0.5, 0.6) is 0 Å². The minimum Gasteiger partial charge on any atom is -0.350 e. The molecule has 40 heavy (non-hydrogen) atoms. The summed E-state index contributed by atoms with van der Waals surface area (Å²) in [7, 11) is -3.82. The monoisotopic (exact) mass is 563 g/mol. The third-order valence-electron chi connectivity index (χ3n) is 6.57. The highest BCUT2D eigenvalue weighted by molar-refractivity contribution is 7.92. The van der Waals surface area contributed by atoms with Crippen molar-refractivity contribution in [3.63, 3.8) is 0 Å². The molecule has 3 aromatic carbocycles. The molecule has 0 radical (unpaired) electrons. The molecule has 1 N–H and O–H groups in total. The van der Waals surface area contributed by atoms with Gasteiger partial charge in [-0.3, -0.25) is 13.9 Å². The Bertz CT molecular complexity index is 1430. The first-order chi connectivity index (χ1) is 18.7. The average molecular weight is 564 g/mol. The topological polar surface area (TPSA) is 86.8 Å². The molecule has 0 fully saturated rings. The van der Waals surface area contributed by atoms with Crippen LogP contribution in [0.3, 0.4) is 0 Å². The van der Waals surface area contributed by atoms with Gasteiger partial charge >= 0.3 is 0 Å². The number of carbonyl (C=O) groups excluding carboxylic acids is 2. The van der Waals surface area contributed by atoms with E-state index in [0.29, 0.717) is 5.69 Å². The fourth-order valence-corrected chi connectivity index (χ4v) is 5.75. The predicted octanol–water partition coefficient (Wildman–Crippen LogP) is 4.93. The number of aryl methyl sites for hydroxylation is 3. The lowest BCUT2D eigenvalue weighted by atomic mass is 10.0. The van der Waals surface area contributed by atoms with Gasteiger partial charge in [0.15, 0.2) is 0 Å². The van der Waals surface area contributed by atoms with Crippen molar-refractivity contribution < 1.29 is 18.0 Å². The number of benzene rings is 3. The summed E-state index contributed by atoms with van der Waals surface area (Å²) < 4.78 is 27.3. The number of hydrogen-bond donors (Lipinski definition) is 1. The molecule has 0 unspecified atom stereocenters. The number of para-hydroxylation sites is 1. The number of nitrogens with zero attached hydrogens (tertiary/aromatic N) is 2. The fraction of sp³-hybridized carbons (Fsp3) is 0.375. The highest BCUT2D eigenvalue weighted by atomic mass is 32.2. The van der Waals surface area contributed by atoms with Crippen LogP contribution < -0.4 is 9.62 Å². The van der Waals surface area contributed by atoms with Crippen molar-refractivity contribution in [3.8, 4) is 0 Å². The minimum atomic E-state index is -3.82. The first-order valence-corrected chi connectivity index (χ1v) is 15.3. The lowest BCUT2D eigenvalue weighted by molar-refractivity contribution is -0.140. The molecule has 0 heterocycles. The zero-order valence-corrected chi connectivity index (χ0v) is 25.4. The van der Waals surface area contributed by atoms with Gasteiger partial charge in [0.2, 0.25) is 21.8 Å². The number of anilines is 1. The molecule has 3 aromatic rings. The van der Waals surface area contributed by atoms with Crippen molar-refractivity contribution in [2.75, 3.05) is 17.1 Å². The Morgan fingerprint density at radius 2 is 1.43 bits per heavy atom. The SMILES string of the molecule is Cc1cccc(CN(C(=O)CN(c2c(C)cccc2C)S(C)(=O)=O)[C@H](Cc2ccccc2)C(=O)NC(C)(C)C)c1. The Balaban J connectivity index is 2.11. The fourth-order valence-electron chi connectivity index (χ4n) is 4.79. The van der Waals surface area contributed by atoms with Crippen LogP contribution in [-0.2, 0) is 32.6 Å². The average Bonchev–Trinajstić information content (AvgIpc) is 2.84. The summed E-state index contributed by atoms with van der Waals surface area (Å²) in [5, 5.41) is 3.04. The second-order valence-corrected chi connectivity index (χ2v) is 13.4. The van der Waals surface area contributed by atoms with E-state index >= 15 is 0 Å². The Labute approximate surface area is 239 Å². The normalized spacial score (nSPS) is 12.5. The summed E-state index contributed by atoms with van der Waals surface area (Å²) in [6.45, 7) is 11.0. The largest absolute Gasteiger partial charge is 0.350 e. The van der Waals surface area contributed by atoms with Crippen molar-refractivity contribution in [3.05, 3.63) is 101 Å². The maximum atomic E-state index is 14.2. The van der Waals surface area contributed by atoms with E-state index in [-0.39, 0.29) is 18.9 Å². The number of sulfonamides is 1. The molecular formula is C32H41N3O4S. The van der Waals surface area contributed by atoms with E-state index in [1.807, 2.05) is 114 Å². The molecule has 2 amide bonds. The maximum absolute atomic E-state index is 14.2. The molecular weight excluding hydrogens is 522 g/mol. The van der Waals surface area contributed by atoms with E-state index in [1.54, 1.807) is 0 Å². The molecule has 7 nitrogen and oxygen atoms in total. The van der Waals surface area contributed by atoms with Gasteiger partial charge in [0.25, 0.3) is 0 Å². The molecule has 1 atom stereocenters. The van der Waals surface area contributed by atoms with Gasteiger partial charge in [0, 0.05) is 18.5 Å². The van der Waals surface area contributed by atoms with Gasteiger partial charge in [0.05, 0.1) is 11.9 Å². The Morgan fingerprint density at radius 3 is 1.98 bits per heavy atom. The predicted molar refractivity (Wildman–Crippen MR) is 162 cm³/mol. The molecule has 8 heteroatoms. The molecule has 0 aliphatic rings. The molecule has 0 saturated heterocycles. The number of hydrogen-bond acceptors (Lipinski definition) is 4. The van der Waals surface area contributed by atoms with E-state index in [0.717, 1.165) is 38.4 Å². The van der Waals surface area contributed by atoms with E-state index < -0.39 is 34.1 Å². The molecule has 0 aromatic heterocycles. The van der Waals surface area contributed by atoms with Gasteiger partial charge in [-0.1, -0.05) is 78.4 Å². The van der Waals surface area contributed by atoms with E-state index in [9.17, 15) is 18.0 Å². The molecule has 0 spiro atoms. The Hall–Kier alpha value is -3.65. The van der Waals surface area contributed by atoms with Crippen molar-refractivity contribution in [1.29, 1.82) is 0 Å².